The van der Waals surface area contributed by atoms with E-state index in [2.05, 4.69) is 40.2 Å². The molecule has 1 amide bonds. The highest BCUT2D eigenvalue weighted by Crippen LogP contribution is 2.35. The highest BCUT2D eigenvalue weighted by Gasteiger charge is 2.30. The highest BCUT2D eigenvalue weighted by molar-refractivity contribution is 5.82. The summed E-state index contributed by atoms with van der Waals surface area (Å²) < 4.78 is 0. The molecule has 2 atom stereocenters. The number of rotatable bonds is 6. The van der Waals surface area contributed by atoms with Gasteiger partial charge in [-0.05, 0) is 56.6 Å². The molecule has 1 aliphatic carbocycles. The number of H-pyrrole nitrogens is 1. The number of hydrogen-bond donors (Lipinski definition) is 4. The second-order valence-corrected chi connectivity index (χ2v) is 8.16. The molecule has 1 aromatic heterocycles. The number of nitrogens with one attached hydrogen (secondary N) is 4. The number of aromatic amines is 1. The summed E-state index contributed by atoms with van der Waals surface area (Å²) in [6.45, 7) is 2.97. The average molecular weight is 370 g/mol. The fourth-order valence-corrected chi connectivity index (χ4v) is 4.51. The lowest BCUT2D eigenvalue weighted by molar-refractivity contribution is -0.123. The van der Waals surface area contributed by atoms with E-state index in [1.807, 2.05) is 12.1 Å². The van der Waals surface area contributed by atoms with Crippen LogP contribution in [0.15, 0.2) is 24.3 Å². The molecule has 1 aromatic carbocycles. The van der Waals surface area contributed by atoms with Crippen LogP contribution in [0, 0.1) is 5.92 Å². The van der Waals surface area contributed by atoms with Crippen molar-refractivity contribution in [3.05, 3.63) is 30.1 Å². The van der Waals surface area contributed by atoms with Gasteiger partial charge >= 0.3 is 0 Å². The van der Waals surface area contributed by atoms with Crippen LogP contribution in [0.4, 0.5) is 0 Å². The van der Waals surface area contributed by atoms with Gasteiger partial charge in [-0.1, -0.05) is 25.5 Å². The Morgan fingerprint density at radius 3 is 2.78 bits per heavy atom. The van der Waals surface area contributed by atoms with E-state index in [1.165, 1.54) is 0 Å². The van der Waals surface area contributed by atoms with Gasteiger partial charge in [-0.3, -0.25) is 10.2 Å². The third-order valence-electron chi connectivity index (χ3n) is 6.14. The van der Waals surface area contributed by atoms with Crippen molar-refractivity contribution in [2.45, 2.75) is 69.9 Å². The van der Waals surface area contributed by atoms with Gasteiger partial charge in [-0.25, -0.2) is 10.4 Å². The Morgan fingerprint density at radius 2 is 2.00 bits per heavy atom. The summed E-state index contributed by atoms with van der Waals surface area (Å²) in [7, 11) is 0. The van der Waals surface area contributed by atoms with Gasteiger partial charge in [0.15, 0.2) is 0 Å². The first kappa shape index (κ1) is 18.4. The first-order chi connectivity index (χ1) is 13.2. The maximum atomic E-state index is 12.4. The highest BCUT2D eigenvalue weighted by atomic mass is 16.2. The topological polar surface area (TPSA) is 81.8 Å². The van der Waals surface area contributed by atoms with Crippen molar-refractivity contribution in [3.63, 3.8) is 0 Å². The summed E-state index contributed by atoms with van der Waals surface area (Å²) in [6.07, 6.45) is 7.72. The van der Waals surface area contributed by atoms with Crippen LogP contribution in [0.2, 0.25) is 0 Å². The number of aromatic nitrogens is 2. The smallest absolute Gasteiger partial charge is 0.238 e. The molecule has 146 valence electrons. The average Bonchev–Trinajstić information content (AvgIpc) is 3.34. The lowest BCUT2D eigenvalue weighted by atomic mass is 9.81. The van der Waals surface area contributed by atoms with Gasteiger partial charge < -0.3 is 10.3 Å². The Balaban J connectivity index is 1.22. The standard InChI is InChI=1S/C21H31N5O/c1-2-5-16-12-19(26-25-16)21(27)22-13-14-8-10-15(11-9-14)20-23-17-6-3-4-7-18(17)24-20/h3-4,6-7,14-16,19,25-26H,2,5,8-13H2,1H3,(H,22,27)(H,23,24). The summed E-state index contributed by atoms with van der Waals surface area (Å²) in [4.78, 5) is 20.6. The maximum Gasteiger partial charge on any atom is 0.238 e. The maximum absolute atomic E-state index is 12.4. The predicted octanol–water partition coefficient (Wildman–Crippen LogP) is 2.99. The molecule has 27 heavy (non-hydrogen) atoms. The largest absolute Gasteiger partial charge is 0.354 e. The summed E-state index contributed by atoms with van der Waals surface area (Å²) in [5, 5.41) is 3.17. The van der Waals surface area contributed by atoms with Crippen molar-refractivity contribution in [2.75, 3.05) is 6.54 Å². The lowest BCUT2D eigenvalue weighted by Gasteiger charge is -2.27. The summed E-state index contributed by atoms with van der Waals surface area (Å²) in [5.74, 6) is 2.36. The van der Waals surface area contributed by atoms with E-state index >= 15 is 0 Å². The predicted molar refractivity (Wildman–Crippen MR) is 107 cm³/mol. The fourth-order valence-electron chi connectivity index (χ4n) is 4.51. The summed E-state index contributed by atoms with van der Waals surface area (Å²) in [5.41, 5.74) is 8.57. The summed E-state index contributed by atoms with van der Waals surface area (Å²) in [6, 6.07) is 8.56. The fraction of sp³-hybridized carbons (Fsp3) is 0.619. The Morgan fingerprint density at radius 1 is 1.19 bits per heavy atom. The minimum Gasteiger partial charge on any atom is -0.354 e. The zero-order valence-corrected chi connectivity index (χ0v) is 16.1. The van der Waals surface area contributed by atoms with Crippen LogP contribution in [0.25, 0.3) is 11.0 Å². The molecule has 6 nitrogen and oxygen atoms in total. The molecule has 2 unspecified atom stereocenters. The van der Waals surface area contributed by atoms with Crippen LogP contribution in [0.5, 0.6) is 0 Å². The monoisotopic (exact) mass is 369 g/mol. The van der Waals surface area contributed by atoms with Gasteiger partial charge in [0.25, 0.3) is 0 Å². The zero-order valence-electron chi connectivity index (χ0n) is 16.1. The number of fused-ring (bicyclic) bond motifs is 1. The Bertz CT molecular complexity index is 732. The molecule has 1 saturated carbocycles. The van der Waals surface area contributed by atoms with Gasteiger partial charge in [-0.2, -0.15) is 0 Å². The van der Waals surface area contributed by atoms with E-state index in [0.717, 1.165) is 68.3 Å². The molecule has 0 spiro atoms. The van der Waals surface area contributed by atoms with Crippen molar-refractivity contribution >= 4 is 16.9 Å². The van der Waals surface area contributed by atoms with Gasteiger partial charge in [0.1, 0.15) is 11.9 Å². The van der Waals surface area contributed by atoms with E-state index < -0.39 is 0 Å². The van der Waals surface area contributed by atoms with Crippen LogP contribution < -0.4 is 16.2 Å². The van der Waals surface area contributed by atoms with E-state index in [-0.39, 0.29) is 11.9 Å². The van der Waals surface area contributed by atoms with Crippen LogP contribution in [0.3, 0.4) is 0 Å². The van der Waals surface area contributed by atoms with Crippen LogP contribution in [-0.4, -0.2) is 34.5 Å². The molecular formula is C21H31N5O. The zero-order chi connectivity index (χ0) is 18.6. The molecule has 0 radical (unpaired) electrons. The number of nitrogens with zero attached hydrogens (tertiary/aromatic N) is 1. The Labute approximate surface area is 160 Å². The summed E-state index contributed by atoms with van der Waals surface area (Å²) >= 11 is 0. The molecule has 4 rings (SSSR count). The number of benzene rings is 1. The Hall–Kier alpha value is -1.92. The molecule has 2 aliphatic rings. The number of carbonyl (C=O) groups excluding carboxylic acids is 1. The molecule has 2 fully saturated rings. The number of amides is 1. The number of carbonyl (C=O) groups is 1. The van der Waals surface area contributed by atoms with Crippen molar-refractivity contribution in [1.29, 1.82) is 0 Å². The van der Waals surface area contributed by atoms with Gasteiger partial charge in [0, 0.05) is 18.5 Å². The normalized spacial score (nSPS) is 28.5. The molecule has 1 aliphatic heterocycles. The first-order valence-corrected chi connectivity index (χ1v) is 10.5. The van der Waals surface area contributed by atoms with Gasteiger partial charge in [0.2, 0.25) is 5.91 Å². The molecule has 1 saturated heterocycles. The van der Waals surface area contributed by atoms with Crippen LogP contribution >= 0.6 is 0 Å². The van der Waals surface area contributed by atoms with Crippen molar-refractivity contribution < 1.29 is 4.79 Å². The number of para-hydroxylation sites is 2. The van der Waals surface area contributed by atoms with Crippen molar-refractivity contribution in [1.82, 2.24) is 26.1 Å². The van der Waals surface area contributed by atoms with Crippen LogP contribution in [-0.2, 0) is 4.79 Å². The molecule has 4 N–H and O–H groups in total. The molecule has 6 heteroatoms. The minimum absolute atomic E-state index is 0.0894. The van der Waals surface area contributed by atoms with E-state index in [0.29, 0.717) is 17.9 Å². The van der Waals surface area contributed by atoms with Gasteiger partial charge in [-0.15, -0.1) is 0 Å². The SMILES string of the molecule is CCCC1CC(C(=O)NCC2CCC(c3nc4ccccc4[nH]3)CC2)NN1. The lowest BCUT2D eigenvalue weighted by Crippen LogP contribution is -2.44. The van der Waals surface area contributed by atoms with Crippen molar-refractivity contribution in [2.24, 2.45) is 5.92 Å². The van der Waals surface area contributed by atoms with Crippen molar-refractivity contribution in [3.8, 4) is 0 Å². The second-order valence-electron chi connectivity index (χ2n) is 8.16. The van der Waals surface area contributed by atoms with E-state index in [1.54, 1.807) is 0 Å². The Kier molecular flexibility index (Phi) is 5.74. The number of hydrazine groups is 1. The number of imidazole rings is 1. The molecule has 2 aromatic rings. The van der Waals surface area contributed by atoms with Gasteiger partial charge in [0.05, 0.1) is 11.0 Å². The van der Waals surface area contributed by atoms with E-state index in [4.69, 9.17) is 4.98 Å². The molecule has 0 bridgehead atoms. The second kappa shape index (κ2) is 8.40. The molecular weight excluding hydrogens is 338 g/mol. The van der Waals surface area contributed by atoms with E-state index in [9.17, 15) is 4.79 Å². The number of hydrogen-bond acceptors (Lipinski definition) is 4. The first-order valence-electron chi connectivity index (χ1n) is 10.5. The van der Waals surface area contributed by atoms with Crippen LogP contribution in [0.1, 0.15) is 63.6 Å². The third-order valence-corrected chi connectivity index (χ3v) is 6.14. The minimum atomic E-state index is -0.0894. The molecule has 2 heterocycles. The third kappa shape index (κ3) is 4.33. The quantitative estimate of drug-likeness (QED) is 0.631.